The van der Waals surface area contributed by atoms with Crippen LogP contribution < -0.4 is 15.4 Å². The Morgan fingerprint density at radius 3 is 2.50 bits per heavy atom. The summed E-state index contributed by atoms with van der Waals surface area (Å²) in [4.78, 5) is 0. The summed E-state index contributed by atoms with van der Waals surface area (Å²) in [5, 5.41) is 7.08. The summed E-state index contributed by atoms with van der Waals surface area (Å²) in [6, 6.07) is 16.4. The number of hydrogen-bond donors (Lipinski definition) is 2. The number of rotatable bonds is 5. The summed E-state index contributed by atoms with van der Waals surface area (Å²) in [5.41, 5.74) is 3.33. The van der Waals surface area contributed by atoms with Crippen LogP contribution in [-0.4, -0.2) is 11.7 Å². The van der Waals surface area contributed by atoms with Gasteiger partial charge in [0.1, 0.15) is 5.75 Å². The Balaban J connectivity index is 1.99. The fourth-order valence-corrected chi connectivity index (χ4v) is 2.43. The Morgan fingerprint density at radius 1 is 1.14 bits per heavy atom. The number of benzene rings is 2. The maximum Gasteiger partial charge on any atom is 0.171 e. The first-order valence-corrected chi connectivity index (χ1v) is 7.87. The van der Waals surface area contributed by atoms with E-state index < -0.39 is 0 Å². The first kappa shape index (κ1) is 16.3. The SMILES string of the molecule is CCOc1ccccc1NC(=S)NC(C)c1ccc(C)cc1. The monoisotopic (exact) mass is 314 g/mol. The Kier molecular flexibility index (Phi) is 5.78. The van der Waals surface area contributed by atoms with Gasteiger partial charge < -0.3 is 15.4 Å². The minimum Gasteiger partial charge on any atom is -0.492 e. The van der Waals surface area contributed by atoms with Crippen LogP contribution in [-0.2, 0) is 0 Å². The molecule has 1 unspecified atom stereocenters. The highest BCUT2D eigenvalue weighted by Crippen LogP contribution is 2.23. The molecule has 2 aromatic rings. The third-order valence-electron chi connectivity index (χ3n) is 3.36. The zero-order chi connectivity index (χ0) is 15.9. The molecule has 0 aliphatic heterocycles. The highest BCUT2D eigenvalue weighted by molar-refractivity contribution is 7.80. The van der Waals surface area contributed by atoms with Crippen LogP contribution in [0.25, 0.3) is 0 Å². The second-order valence-corrected chi connectivity index (χ2v) is 5.57. The van der Waals surface area contributed by atoms with Gasteiger partial charge in [0.2, 0.25) is 0 Å². The lowest BCUT2D eigenvalue weighted by Crippen LogP contribution is -2.31. The lowest BCUT2D eigenvalue weighted by atomic mass is 10.1. The first-order chi connectivity index (χ1) is 10.6. The number of thiocarbonyl (C=S) groups is 1. The molecule has 0 amide bonds. The molecular weight excluding hydrogens is 292 g/mol. The molecule has 0 spiro atoms. The van der Waals surface area contributed by atoms with Gasteiger partial charge in [-0.25, -0.2) is 0 Å². The van der Waals surface area contributed by atoms with E-state index >= 15 is 0 Å². The highest BCUT2D eigenvalue weighted by Gasteiger charge is 2.09. The lowest BCUT2D eigenvalue weighted by molar-refractivity contribution is 0.342. The Morgan fingerprint density at radius 2 is 1.82 bits per heavy atom. The Bertz CT molecular complexity index is 625. The molecule has 0 aliphatic rings. The lowest BCUT2D eigenvalue weighted by Gasteiger charge is -2.19. The van der Waals surface area contributed by atoms with E-state index in [1.54, 1.807) is 0 Å². The molecule has 0 saturated carbocycles. The van der Waals surface area contributed by atoms with Gasteiger partial charge in [-0.3, -0.25) is 0 Å². The third kappa shape index (κ3) is 4.46. The van der Waals surface area contributed by atoms with Crippen molar-refractivity contribution in [1.29, 1.82) is 0 Å². The average molecular weight is 314 g/mol. The van der Waals surface area contributed by atoms with Gasteiger partial charge in [0, 0.05) is 0 Å². The van der Waals surface area contributed by atoms with Crippen LogP contribution >= 0.6 is 12.2 Å². The number of aryl methyl sites for hydroxylation is 1. The van der Waals surface area contributed by atoms with Crippen molar-refractivity contribution < 1.29 is 4.74 Å². The summed E-state index contributed by atoms with van der Waals surface area (Å²) < 4.78 is 5.59. The van der Waals surface area contributed by atoms with Crippen molar-refractivity contribution in [3.8, 4) is 5.75 Å². The summed E-state index contributed by atoms with van der Waals surface area (Å²) in [5.74, 6) is 0.803. The predicted molar refractivity (Wildman–Crippen MR) is 96.6 cm³/mol. The van der Waals surface area contributed by atoms with Gasteiger partial charge in [0.15, 0.2) is 5.11 Å². The van der Waals surface area contributed by atoms with Crippen molar-refractivity contribution in [2.45, 2.75) is 26.8 Å². The van der Waals surface area contributed by atoms with E-state index in [1.807, 2.05) is 31.2 Å². The van der Waals surface area contributed by atoms with Crippen LogP contribution in [0.2, 0.25) is 0 Å². The van der Waals surface area contributed by atoms with Crippen LogP contribution in [0.1, 0.15) is 31.0 Å². The van der Waals surface area contributed by atoms with Crippen molar-refractivity contribution in [2.75, 3.05) is 11.9 Å². The Labute approximate surface area is 137 Å². The first-order valence-electron chi connectivity index (χ1n) is 7.46. The second-order valence-electron chi connectivity index (χ2n) is 5.16. The van der Waals surface area contributed by atoms with Gasteiger partial charge in [-0.05, 0) is 50.7 Å². The van der Waals surface area contributed by atoms with Crippen molar-refractivity contribution >= 4 is 23.0 Å². The molecule has 0 aromatic heterocycles. The molecule has 1 atom stereocenters. The topological polar surface area (TPSA) is 33.3 Å². The van der Waals surface area contributed by atoms with Gasteiger partial charge in [0.25, 0.3) is 0 Å². The molecular formula is C18H22N2OS. The molecule has 2 rings (SSSR count). The van der Waals surface area contributed by atoms with Gasteiger partial charge in [-0.2, -0.15) is 0 Å². The molecule has 116 valence electrons. The van der Waals surface area contributed by atoms with E-state index in [-0.39, 0.29) is 6.04 Å². The number of ether oxygens (including phenoxy) is 1. The normalized spacial score (nSPS) is 11.6. The quantitative estimate of drug-likeness (QED) is 0.799. The maximum absolute atomic E-state index is 5.59. The zero-order valence-corrected chi connectivity index (χ0v) is 14.0. The van der Waals surface area contributed by atoms with Gasteiger partial charge in [0.05, 0.1) is 18.3 Å². The van der Waals surface area contributed by atoms with Crippen LogP contribution in [0.15, 0.2) is 48.5 Å². The summed E-state index contributed by atoms with van der Waals surface area (Å²) >= 11 is 5.40. The standard InChI is InChI=1S/C18H22N2OS/c1-4-21-17-8-6-5-7-16(17)20-18(22)19-14(3)15-11-9-13(2)10-12-15/h5-12,14H,4H2,1-3H3,(H2,19,20,22). The van der Waals surface area contributed by atoms with Gasteiger partial charge in [-0.1, -0.05) is 42.0 Å². The van der Waals surface area contributed by atoms with E-state index in [1.165, 1.54) is 11.1 Å². The van der Waals surface area contributed by atoms with Gasteiger partial charge in [-0.15, -0.1) is 0 Å². The van der Waals surface area contributed by atoms with Crippen molar-refractivity contribution in [1.82, 2.24) is 5.32 Å². The number of hydrogen-bond acceptors (Lipinski definition) is 2. The van der Waals surface area contributed by atoms with E-state index in [2.05, 4.69) is 48.7 Å². The van der Waals surface area contributed by atoms with Crippen LogP contribution in [0, 0.1) is 6.92 Å². The molecule has 0 heterocycles. The molecule has 0 fully saturated rings. The molecule has 3 nitrogen and oxygen atoms in total. The third-order valence-corrected chi connectivity index (χ3v) is 3.58. The minimum atomic E-state index is 0.139. The fraction of sp³-hybridized carbons (Fsp3) is 0.278. The zero-order valence-electron chi connectivity index (χ0n) is 13.2. The fourth-order valence-electron chi connectivity index (χ4n) is 2.14. The van der Waals surface area contributed by atoms with Crippen LogP contribution in [0.5, 0.6) is 5.75 Å². The summed E-state index contributed by atoms with van der Waals surface area (Å²) in [7, 11) is 0. The smallest absolute Gasteiger partial charge is 0.171 e. The number of nitrogens with one attached hydrogen (secondary N) is 2. The molecule has 2 N–H and O–H groups in total. The molecule has 2 aromatic carbocycles. The minimum absolute atomic E-state index is 0.139. The second kappa shape index (κ2) is 7.80. The Hall–Kier alpha value is -2.07. The molecule has 0 bridgehead atoms. The average Bonchev–Trinajstić information content (AvgIpc) is 2.50. The van der Waals surface area contributed by atoms with Crippen LogP contribution in [0.4, 0.5) is 5.69 Å². The molecule has 0 aliphatic carbocycles. The van der Waals surface area contributed by atoms with Crippen molar-refractivity contribution in [3.63, 3.8) is 0 Å². The maximum atomic E-state index is 5.59. The number of anilines is 1. The summed E-state index contributed by atoms with van der Waals surface area (Å²) in [6.07, 6.45) is 0. The number of para-hydroxylation sites is 2. The highest BCUT2D eigenvalue weighted by atomic mass is 32.1. The van der Waals surface area contributed by atoms with Crippen molar-refractivity contribution in [2.24, 2.45) is 0 Å². The predicted octanol–water partition coefficient (Wildman–Crippen LogP) is 4.44. The van der Waals surface area contributed by atoms with E-state index in [4.69, 9.17) is 17.0 Å². The van der Waals surface area contributed by atoms with E-state index in [0.29, 0.717) is 11.7 Å². The van der Waals surface area contributed by atoms with Crippen molar-refractivity contribution in [3.05, 3.63) is 59.7 Å². The van der Waals surface area contributed by atoms with Crippen LogP contribution in [0.3, 0.4) is 0 Å². The molecule has 4 heteroatoms. The van der Waals surface area contributed by atoms with Gasteiger partial charge >= 0.3 is 0 Å². The molecule has 0 saturated heterocycles. The molecule has 22 heavy (non-hydrogen) atoms. The summed E-state index contributed by atoms with van der Waals surface area (Å²) in [6.45, 7) is 6.76. The van der Waals surface area contributed by atoms with E-state index in [0.717, 1.165) is 11.4 Å². The largest absolute Gasteiger partial charge is 0.492 e. The van der Waals surface area contributed by atoms with E-state index in [9.17, 15) is 0 Å². The molecule has 0 radical (unpaired) electrons.